The minimum atomic E-state index is -0.596. The minimum Gasteiger partial charge on any atom is -0.324 e. The van der Waals surface area contributed by atoms with Crippen LogP contribution in [0.1, 0.15) is 10.8 Å². The van der Waals surface area contributed by atoms with Crippen molar-refractivity contribution < 1.29 is 9.72 Å². The molecule has 1 unspecified atom stereocenters. The van der Waals surface area contributed by atoms with E-state index in [4.69, 9.17) is 0 Å². The molecule has 1 heterocycles. The molecular formula is C22H15BrN4O3S. The number of non-ortho nitro benzene ring substituents is 1. The lowest BCUT2D eigenvalue weighted by Crippen LogP contribution is -2.19. The Morgan fingerprint density at radius 1 is 1.03 bits per heavy atom. The van der Waals surface area contributed by atoms with E-state index in [-0.39, 0.29) is 11.6 Å². The molecule has 0 aliphatic heterocycles. The van der Waals surface area contributed by atoms with Crippen molar-refractivity contribution >= 4 is 55.9 Å². The van der Waals surface area contributed by atoms with Crippen LogP contribution in [-0.2, 0) is 4.79 Å². The fraction of sp³-hybridized carbons (Fsp3) is 0.0455. The number of rotatable bonds is 6. The van der Waals surface area contributed by atoms with Crippen LogP contribution in [0.2, 0.25) is 0 Å². The van der Waals surface area contributed by atoms with Crippen molar-refractivity contribution in [2.45, 2.75) is 10.3 Å². The number of anilines is 1. The summed E-state index contributed by atoms with van der Waals surface area (Å²) in [5.41, 5.74) is 1.99. The predicted molar refractivity (Wildman–Crippen MR) is 124 cm³/mol. The predicted octanol–water partition coefficient (Wildman–Crippen LogP) is 5.77. The van der Waals surface area contributed by atoms with Crippen LogP contribution in [0.3, 0.4) is 0 Å². The van der Waals surface area contributed by atoms with Crippen molar-refractivity contribution in [1.29, 1.82) is 0 Å². The Kier molecular flexibility index (Phi) is 6.24. The maximum atomic E-state index is 13.3. The fourth-order valence-corrected chi connectivity index (χ4v) is 4.56. The standard InChI is InChI=1S/C22H15BrN4O3S/c23-17-12-15(27(29)30)10-11-19(17)26-21(28)20(14-6-2-1-3-7-14)31-22-16-8-4-5-9-18(16)24-13-25-22/h1-13,20H,(H,26,28). The Morgan fingerprint density at radius 2 is 1.77 bits per heavy atom. The highest BCUT2D eigenvalue weighted by Gasteiger charge is 2.25. The number of nitro benzene ring substituents is 1. The molecule has 154 valence electrons. The lowest BCUT2D eigenvalue weighted by Gasteiger charge is -2.18. The quantitative estimate of drug-likeness (QED) is 0.158. The van der Waals surface area contributed by atoms with Gasteiger partial charge in [-0.05, 0) is 33.6 Å². The Labute approximate surface area is 190 Å². The van der Waals surface area contributed by atoms with E-state index in [9.17, 15) is 14.9 Å². The van der Waals surface area contributed by atoms with Crippen molar-refractivity contribution in [3.63, 3.8) is 0 Å². The summed E-state index contributed by atoms with van der Waals surface area (Å²) in [6.07, 6.45) is 1.48. The number of thioether (sulfide) groups is 1. The average Bonchev–Trinajstić information content (AvgIpc) is 2.79. The van der Waals surface area contributed by atoms with Crippen molar-refractivity contribution in [2.24, 2.45) is 0 Å². The molecule has 0 spiro atoms. The third-order valence-corrected chi connectivity index (χ3v) is 6.42. The number of amides is 1. The van der Waals surface area contributed by atoms with Crippen LogP contribution in [0.5, 0.6) is 0 Å². The lowest BCUT2D eigenvalue weighted by atomic mass is 10.1. The summed E-state index contributed by atoms with van der Waals surface area (Å²) >= 11 is 4.63. The summed E-state index contributed by atoms with van der Waals surface area (Å²) in [5, 5.41) is 14.8. The van der Waals surface area contributed by atoms with Gasteiger partial charge in [0, 0.05) is 22.0 Å². The molecule has 0 radical (unpaired) electrons. The van der Waals surface area contributed by atoms with E-state index in [2.05, 4.69) is 31.2 Å². The van der Waals surface area contributed by atoms with Gasteiger partial charge in [0.25, 0.3) is 5.69 Å². The van der Waals surface area contributed by atoms with E-state index in [1.165, 1.54) is 36.3 Å². The van der Waals surface area contributed by atoms with E-state index in [1.54, 1.807) is 0 Å². The van der Waals surface area contributed by atoms with Gasteiger partial charge >= 0.3 is 0 Å². The number of benzene rings is 3. The molecule has 31 heavy (non-hydrogen) atoms. The maximum absolute atomic E-state index is 13.3. The van der Waals surface area contributed by atoms with Gasteiger partial charge in [-0.3, -0.25) is 14.9 Å². The van der Waals surface area contributed by atoms with Gasteiger partial charge in [-0.25, -0.2) is 9.97 Å². The lowest BCUT2D eigenvalue weighted by molar-refractivity contribution is -0.384. The Morgan fingerprint density at radius 3 is 2.52 bits per heavy atom. The fourth-order valence-electron chi connectivity index (χ4n) is 3.00. The number of carbonyl (C=O) groups is 1. The molecule has 1 N–H and O–H groups in total. The van der Waals surface area contributed by atoms with Gasteiger partial charge in [-0.15, -0.1) is 0 Å². The summed E-state index contributed by atoms with van der Waals surface area (Å²) in [5.74, 6) is -0.270. The molecular weight excluding hydrogens is 480 g/mol. The highest BCUT2D eigenvalue weighted by molar-refractivity contribution is 9.10. The molecule has 3 aromatic carbocycles. The van der Waals surface area contributed by atoms with Crippen LogP contribution in [-0.4, -0.2) is 20.8 Å². The molecule has 0 aliphatic carbocycles. The topological polar surface area (TPSA) is 98.0 Å². The van der Waals surface area contributed by atoms with Gasteiger partial charge in [0.05, 0.1) is 16.1 Å². The highest BCUT2D eigenvalue weighted by Crippen LogP contribution is 2.38. The monoisotopic (exact) mass is 494 g/mol. The third-order valence-electron chi connectivity index (χ3n) is 4.50. The second-order valence-corrected chi connectivity index (χ2v) is 8.46. The second-order valence-electron chi connectivity index (χ2n) is 6.52. The number of carbonyl (C=O) groups excluding carboxylic acids is 1. The van der Waals surface area contributed by atoms with Crippen LogP contribution >= 0.6 is 27.7 Å². The molecule has 4 aromatic rings. The number of nitrogens with zero attached hydrogens (tertiary/aromatic N) is 3. The number of hydrogen-bond acceptors (Lipinski definition) is 6. The summed E-state index contributed by atoms with van der Waals surface area (Å²) in [6, 6.07) is 21.2. The van der Waals surface area contributed by atoms with E-state index >= 15 is 0 Å². The number of nitro groups is 1. The SMILES string of the molecule is O=C(Nc1ccc([N+](=O)[O-])cc1Br)C(Sc1ncnc2ccccc12)c1ccccc1. The Bertz CT molecular complexity index is 1260. The minimum absolute atomic E-state index is 0.0636. The Hall–Kier alpha value is -3.30. The largest absolute Gasteiger partial charge is 0.324 e. The number of hydrogen-bond donors (Lipinski definition) is 1. The van der Waals surface area contributed by atoms with Crippen molar-refractivity contribution in [2.75, 3.05) is 5.32 Å². The van der Waals surface area contributed by atoms with Gasteiger partial charge in [-0.2, -0.15) is 0 Å². The van der Waals surface area contributed by atoms with Crippen LogP contribution in [0, 0.1) is 10.1 Å². The van der Waals surface area contributed by atoms with Crippen molar-refractivity contribution in [3.8, 4) is 0 Å². The van der Waals surface area contributed by atoms with Gasteiger partial charge in [-0.1, -0.05) is 60.3 Å². The van der Waals surface area contributed by atoms with Gasteiger partial charge < -0.3 is 5.32 Å². The maximum Gasteiger partial charge on any atom is 0.270 e. The molecule has 0 saturated heterocycles. The van der Waals surface area contributed by atoms with E-state index in [0.29, 0.717) is 15.2 Å². The van der Waals surface area contributed by atoms with Crippen LogP contribution < -0.4 is 5.32 Å². The summed E-state index contributed by atoms with van der Waals surface area (Å²) < 4.78 is 0.430. The van der Waals surface area contributed by atoms with E-state index in [0.717, 1.165) is 16.5 Å². The van der Waals surface area contributed by atoms with E-state index in [1.807, 2.05) is 54.6 Å². The molecule has 0 saturated carbocycles. The van der Waals surface area contributed by atoms with Crippen LogP contribution in [0.4, 0.5) is 11.4 Å². The number of aromatic nitrogens is 2. The smallest absolute Gasteiger partial charge is 0.270 e. The molecule has 0 fully saturated rings. The second kappa shape index (κ2) is 9.23. The van der Waals surface area contributed by atoms with Crippen molar-refractivity contribution in [3.05, 3.63) is 99.3 Å². The number of para-hydroxylation sites is 1. The highest BCUT2D eigenvalue weighted by atomic mass is 79.9. The zero-order chi connectivity index (χ0) is 21.8. The van der Waals surface area contributed by atoms with E-state index < -0.39 is 10.2 Å². The Balaban J connectivity index is 1.67. The number of halogens is 1. The summed E-state index contributed by atoms with van der Waals surface area (Å²) in [7, 11) is 0. The van der Waals surface area contributed by atoms with Crippen molar-refractivity contribution in [1.82, 2.24) is 9.97 Å². The van der Waals surface area contributed by atoms with Crippen LogP contribution in [0.15, 0.2) is 88.6 Å². The summed E-state index contributed by atoms with van der Waals surface area (Å²) in [6.45, 7) is 0. The van der Waals surface area contributed by atoms with Gasteiger partial charge in [0.1, 0.15) is 16.6 Å². The molecule has 0 bridgehead atoms. The zero-order valence-electron chi connectivity index (χ0n) is 15.9. The first kappa shape index (κ1) is 21.0. The molecule has 0 aliphatic rings. The molecule has 4 rings (SSSR count). The molecule has 1 amide bonds. The normalized spacial score (nSPS) is 11.8. The molecule has 1 aromatic heterocycles. The van der Waals surface area contributed by atoms with Crippen LogP contribution in [0.25, 0.3) is 10.9 Å². The first-order valence-corrected chi connectivity index (χ1v) is 10.9. The van der Waals surface area contributed by atoms with Gasteiger partial charge in [0.2, 0.25) is 5.91 Å². The first-order chi connectivity index (χ1) is 15.0. The first-order valence-electron chi connectivity index (χ1n) is 9.19. The third kappa shape index (κ3) is 4.73. The molecule has 9 heteroatoms. The number of nitrogens with one attached hydrogen (secondary N) is 1. The summed E-state index contributed by atoms with van der Waals surface area (Å²) in [4.78, 5) is 32.5. The molecule has 1 atom stereocenters. The zero-order valence-corrected chi connectivity index (χ0v) is 18.3. The average molecular weight is 495 g/mol. The molecule has 7 nitrogen and oxygen atoms in total. The number of fused-ring (bicyclic) bond motifs is 1. The van der Waals surface area contributed by atoms with Gasteiger partial charge in [0.15, 0.2) is 0 Å².